The highest BCUT2D eigenvalue weighted by Gasteiger charge is 2.30. The summed E-state index contributed by atoms with van der Waals surface area (Å²) in [7, 11) is 0. The van der Waals surface area contributed by atoms with E-state index in [9.17, 15) is 14.0 Å². The Morgan fingerprint density at radius 1 is 1.00 bits per heavy atom. The summed E-state index contributed by atoms with van der Waals surface area (Å²) in [5.41, 5.74) is 2.18. The number of aromatic nitrogens is 1. The molecule has 2 aromatic carbocycles. The summed E-state index contributed by atoms with van der Waals surface area (Å²) in [5, 5.41) is 2.90. The lowest BCUT2D eigenvalue weighted by Crippen LogP contribution is -2.43. The van der Waals surface area contributed by atoms with Gasteiger partial charge in [0, 0.05) is 19.2 Å². The van der Waals surface area contributed by atoms with Gasteiger partial charge in [0.25, 0.3) is 0 Å². The lowest BCUT2D eigenvalue weighted by atomic mass is 10.0. The van der Waals surface area contributed by atoms with Crippen molar-refractivity contribution in [1.29, 1.82) is 0 Å². The molecule has 1 heterocycles. The van der Waals surface area contributed by atoms with Crippen LogP contribution in [0.25, 0.3) is 0 Å². The number of amides is 2. The molecule has 0 aliphatic carbocycles. The molecule has 1 N–H and O–H groups in total. The van der Waals surface area contributed by atoms with E-state index in [2.05, 4.69) is 10.3 Å². The van der Waals surface area contributed by atoms with Gasteiger partial charge in [-0.3, -0.25) is 14.6 Å². The van der Waals surface area contributed by atoms with Crippen molar-refractivity contribution < 1.29 is 14.0 Å². The van der Waals surface area contributed by atoms with E-state index in [4.69, 9.17) is 0 Å². The molecule has 2 amide bonds. The van der Waals surface area contributed by atoms with Crippen LogP contribution in [-0.2, 0) is 22.7 Å². The quantitative estimate of drug-likeness (QED) is 0.616. The Kier molecular flexibility index (Phi) is 7.27. The highest BCUT2D eigenvalue weighted by Crippen LogP contribution is 2.25. The van der Waals surface area contributed by atoms with Crippen molar-refractivity contribution in [3.8, 4) is 0 Å². The minimum atomic E-state index is -0.813. The van der Waals surface area contributed by atoms with Crippen LogP contribution in [0, 0.1) is 5.82 Å². The first-order valence-electron chi connectivity index (χ1n) is 9.85. The number of hydrogen-bond donors (Lipinski definition) is 1. The van der Waals surface area contributed by atoms with Crippen LogP contribution in [0.15, 0.2) is 79.0 Å². The van der Waals surface area contributed by atoms with Crippen LogP contribution in [0.2, 0.25) is 0 Å². The Labute approximate surface area is 175 Å². The van der Waals surface area contributed by atoms with Crippen molar-refractivity contribution >= 4 is 11.8 Å². The fourth-order valence-electron chi connectivity index (χ4n) is 3.20. The van der Waals surface area contributed by atoms with Crippen molar-refractivity contribution in [2.24, 2.45) is 0 Å². The van der Waals surface area contributed by atoms with Crippen LogP contribution < -0.4 is 5.32 Å². The minimum Gasteiger partial charge on any atom is -0.348 e. The van der Waals surface area contributed by atoms with Crippen molar-refractivity contribution in [2.75, 3.05) is 0 Å². The summed E-state index contributed by atoms with van der Waals surface area (Å²) in [6.07, 6.45) is 1.91. The number of nitrogens with zero attached hydrogens (tertiary/aromatic N) is 2. The number of nitrogens with one attached hydrogen (secondary N) is 1. The number of hydrogen-bond acceptors (Lipinski definition) is 3. The molecule has 3 aromatic rings. The SMILES string of the molecule is CCC(=O)N(Cc1ccc(F)cc1)C(C(=O)NCc1ccccn1)c1ccccc1. The maximum Gasteiger partial charge on any atom is 0.247 e. The second kappa shape index (κ2) is 10.3. The fraction of sp³-hybridized carbons (Fsp3) is 0.208. The van der Waals surface area contributed by atoms with E-state index in [1.54, 1.807) is 25.3 Å². The molecule has 154 valence electrons. The van der Waals surface area contributed by atoms with Crippen LogP contribution >= 0.6 is 0 Å². The van der Waals surface area contributed by atoms with Crippen LogP contribution in [0.1, 0.15) is 36.2 Å². The monoisotopic (exact) mass is 405 g/mol. The van der Waals surface area contributed by atoms with Gasteiger partial charge in [0.1, 0.15) is 11.9 Å². The molecule has 1 aromatic heterocycles. The summed E-state index contributed by atoms with van der Waals surface area (Å²) in [4.78, 5) is 31.8. The molecule has 0 fully saturated rings. The van der Waals surface area contributed by atoms with Crippen LogP contribution in [0.3, 0.4) is 0 Å². The average molecular weight is 405 g/mol. The molecule has 0 spiro atoms. The number of carbonyl (C=O) groups is 2. The largest absolute Gasteiger partial charge is 0.348 e. The first kappa shape index (κ1) is 21.2. The van der Waals surface area contributed by atoms with Crippen LogP contribution in [0.5, 0.6) is 0 Å². The standard InChI is InChI=1S/C24H24FN3O2/c1-2-22(29)28(17-18-11-13-20(25)14-12-18)23(19-8-4-3-5-9-19)24(30)27-16-21-10-6-7-15-26-21/h3-15,23H,2,16-17H2,1H3,(H,27,30). The van der Waals surface area contributed by atoms with E-state index in [1.165, 1.54) is 17.0 Å². The molecular formula is C24H24FN3O2. The van der Waals surface area contributed by atoms with Gasteiger partial charge >= 0.3 is 0 Å². The summed E-state index contributed by atoms with van der Waals surface area (Å²) >= 11 is 0. The van der Waals surface area contributed by atoms with Gasteiger partial charge in [-0.15, -0.1) is 0 Å². The average Bonchev–Trinajstić information content (AvgIpc) is 2.79. The minimum absolute atomic E-state index is 0.166. The Morgan fingerprint density at radius 3 is 2.33 bits per heavy atom. The molecule has 0 radical (unpaired) electrons. The van der Waals surface area contributed by atoms with Crippen LogP contribution in [0.4, 0.5) is 4.39 Å². The molecule has 0 aliphatic rings. The first-order valence-corrected chi connectivity index (χ1v) is 9.85. The molecule has 0 aliphatic heterocycles. The van der Waals surface area contributed by atoms with E-state index in [0.29, 0.717) is 5.56 Å². The van der Waals surface area contributed by atoms with E-state index in [0.717, 1.165) is 11.3 Å². The third-order valence-electron chi connectivity index (χ3n) is 4.73. The van der Waals surface area contributed by atoms with E-state index >= 15 is 0 Å². The number of benzene rings is 2. The first-order chi connectivity index (χ1) is 14.6. The van der Waals surface area contributed by atoms with Gasteiger partial charge in [-0.25, -0.2) is 4.39 Å². The van der Waals surface area contributed by atoms with Gasteiger partial charge in [0.05, 0.1) is 12.2 Å². The predicted octanol–water partition coefficient (Wildman–Crippen LogP) is 4.02. The second-order valence-electron chi connectivity index (χ2n) is 6.85. The van der Waals surface area contributed by atoms with E-state index in [1.807, 2.05) is 48.5 Å². The Hall–Kier alpha value is -3.54. The number of rotatable bonds is 8. The number of carbonyl (C=O) groups excluding carboxylic acids is 2. The highest BCUT2D eigenvalue weighted by molar-refractivity contribution is 5.88. The zero-order valence-corrected chi connectivity index (χ0v) is 16.8. The Bertz CT molecular complexity index is 963. The molecule has 0 bridgehead atoms. The fourth-order valence-corrected chi connectivity index (χ4v) is 3.20. The summed E-state index contributed by atoms with van der Waals surface area (Å²) in [5.74, 6) is -0.809. The lowest BCUT2D eigenvalue weighted by molar-refractivity contribution is -0.141. The smallest absolute Gasteiger partial charge is 0.247 e. The summed E-state index contributed by atoms with van der Waals surface area (Å²) in [6, 6.07) is 19.8. The van der Waals surface area contributed by atoms with Gasteiger partial charge in [-0.05, 0) is 35.4 Å². The predicted molar refractivity (Wildman–Crippen MR) is 113 cm³/mol. The van der Waals surface area contributed by atoms with Crippen molar-refractivity contribution in [1.82, 2.24) is 15.2 Å². The van der Waals surface area contributed by atoms with Gasteiger partial charge in [0.15, 0.2) is 0 Å². The summed E-state index contributed by atoms with van der Waals surface area (Å²) in [6.45, 7) is 2.21. The molecule has 0 saturated heterocycles. The number of halogens is 1. The molecule has 6 heteroatoms. The molecular weight excluding hydrogens is 381 g/mol. The van der Waals surface area contributed by atoms with Gasteiger partial charge in [-0.1, -0.05) is 55.5 Å². The van der Waals surface area contributed by atoms with Crippen molar-refractivity contribution in [3.05, 3.63) is 102 Å². The van der Waals surface area contributed by atoms with Crippen molar-refractivity contribution in [3.63, 3.8) is 0 Å². The highest BCUT2D eigenvalue weighted by atomic mass is 19.1. The zero-order chi connectivity index (χ0) is 21.3. The topological polar surface area (TPSA) is 62.3 Å². The second-order valence-corrected chi connectivity index (χ2v) is 6.85. The molecule has 5 nitrogen and oxygen atoms in total. The third-order valence-corrected chi connectivity index (χ3v) is 4.73. The zero-order valence-electron chi connectivity index (χ0n) is 16.8. The lowest BCUT2D eigenvalue weighted by Gasteiger charge is -2.31. The van der Waals surface area contributed by atoms with Gasteiger partial charge < -0.3 is 10.2 Å². The van der Waals surface area contributed by atoms with Crippen LogP contribution in [-0.4, -0.2) is 21.7 Å². The van der Waals surface area contributed by atoms with Gasteiger partial charge in [0.2, 0.25) is 11.8 Å². The Morgan fingerprint density at radius 2 is 1.70 bits per heavy atom. The molecule has 1 atom stereocenters. The van der Waals surface area contributed by atoms with Crippen molar-refractivity contribution in [2.45, 2.75) is 32.5 Å². The van der Waals surface area contributed by atoms with E-state index in [-0.39, 0.29) is 37.1 Å². The summed E-state index contributed by atoms with van der Waals surface area (Å²) < 4.78 is 13.3. The molecule has 1 unspecified atom stereocenters. The van der Waals surface area contributed by atoms with Gasteiger partial charge in [-0.2, -0.15) is 0 Å². The molecule has 3 rings (SSSR count). The maximum absolute atomic E-state index is 13.3. The third kappa shape index (κ3) is 5.50. The normalized spacial score (nSPS) is 11.5. The number of pyridine rings is 1. The maximum atomic E-state index is 13.3. The molecule has 0 saturated carbocycles. The van der Waals surface area contributed by atoms with E-state index < -0.39 is 6.04 Å². The molecule has 30 heavy (non-hydrogen) atoms. The Balaban J connectivity index is 1.89.